The Morgan fingerprint density at radius 2 is 1.81 bits per heavy atom. The molecule has 3 fully saturated rings. The van der Waals surface area contributed by atoms with Gasteiger partial charge in [-0.25, -0.2) is 4.79 Å². The predicted octanol–water partition coefficient (Wildman–Crippen LogP) is 4.35. The predicted molar refractivity (Wildman–Crippen MR) is 191 cm³/mol. The summed E-state index contributed by atoms with van der Waals surface area (Å²) in [7, 11) is 0. The lowest BCUT2D eigenvalue weighted by atomic mass is 10.0. The van der Waals surface area contributed by atoms with Gasteiger partial charge in [-0.2, -0.15) is 0 Å². The van der Waals surface area contributed by atoms with Crippen LogP contribution in [0.25, 0.3) is 0 Å². The Labute approximate surface area is 305 Å². The maximum atomic E-state index is 13.9. The van der Waals surface area contributed by atoms with Crippen molar-refractivity contribution < 1.29 is 38.2 Å². The monoisotopic (exact) mass is 712 g/mol. The molecule has 4 heterocycles. The highest BCUT2D eigenvalue weighted by atomic mass is 16.6. The third-order valence-electron chi connectivity index (χ3n) is 9.83. The summed E-state index contributed by atoms with van der Waals surface area (Å²) >= 11 is 0. The Kier molecular flexibility index (Phi) is 11.6. The van der Waals surface area contributed by atoms with E-state index in [-0.39, 0.29) is 42.9 Å². The van der Waals surface area contributed by atoms with Crippen molar-refractivity contribution in [1.29, 1.82) is 0 Å². The number of piperidine rings is 1. The minimum atomic E-state index is -0.696. The molecule has 4 atom stereocenters. The van der Waals surface area contributed by atoms with Crippen molar-refractivity contribution in [3.05, 3.63) is 70.8 Å². The molecule has 276 valence electrons. The normalized spacial score (nSPS) is 23.2. The number of fused-ring (bicyclic) bond motifs is 1. The summed E-state index contributed by atoms with van der Waals surface area (Å²) in [4.78, 5) is 69.1. The van der Waals surface area contributed by atoms with Gasteiger partial charge < -0.3 is 24.0 Å². The quantitative estimate of drug-likeness (QED) is 0.231. The Morgan fingerprint density at radius 3 is 2.58 bits per heavy atom. The number of likely N-dealkylation sites (tertiary alicyclic amines) is 1. The van der Waals surface area contributed by atoms with Crippen molar-refractivity contribution in [1.82, 2.24) is 20.0 Å². The molecule has 0 aromatic heterocycles. The van der Waals surface area contributed by atoms with Gasteiger partial charge in [0.15, 0.2) is 0 Å². The van der Waals surface area contributed by atoms with E-state index in [0.717, 1.165) is 36.0 Å². The largest absolute Gasteiger partial charge is 0.444 e. The van der Waals surface area contributed by atoms with E-state index in [1.165, 1.54) is 9.80 Å². The zero-order chi connectivity index (χ0) is 36.8. The minimum Gasteiger partial charge on any atom is -0.444 e. The number of carbonyl (C=O) groups is 5. The minimum absolute atomic E-state index is 0.114. The molecule has 4 aliphatic rings. The van der Waals surface area contributed by atoms with Crippen molar-refractivity contribution in [3.8, 4) is 11.8 Å². The third kappa shape index (κ3) is 8.82. The van der Waals surface area contributed by atoms with Crippen molar-refractivity contribution in [3.63, 3.8) is 0 Å². The number of rotatable bonds is 9. The van der Waals surface area contributed by atoms with Crippen molar-refractivity contribution in [2.24, 2.45) is 0 Å². The van der Waals surface area contributed by atoms with Crippen LogP contribution in [0.15, 0.2) is 48.5 Å². The van der Waals surface area contributed by atoms with Crippen LogP contribution in [0.2, 0.25) is 0 Å². The molecule has 0 bridgehead atoms. The van der Waals surface area contributed by atoms with Gasteiger partial charge in [-0.3, -0.25) is 29.4 Å². The second-order valence-corrected chi connectivity index (χ2v) is 14.8. The van der Waals surface area contributed by atoms with Crippen molar-refractivity contribution >= 4 is 29.7 Å². The molecule has 12 heteroatoms. The van der Waals surface area contributed by atoms with Gasteiger partial charge in [-0.1, -0.05) is 54.7 Å². The molecule has 1 N–H and O–H groups in total. The highest BCUT2D eigenvalue weighted by Crippen LogP contribution is 2.30. The molecule has 0 radical (unpaired) electrons. The molecule has 2 aromatic carbocycles. The van der Waals surface area contributed by atoms with Gasteiger partial charge in [0.05, 0.1) is 25.8 Å². The van der Waals surface area contributed by atoms with Crippen LogP contribution in [0.5, 0.6) is 0 Å². The SMILES string of the molecule is CC(C)(C)OC(=O)N1C[C@@H](OCCCCCC#Cc2cccc3c2CN(C2CCC(=O)NC2=O)C3=O)C[C@H]1C(=O)N1CCO[C@H](c2ccccc2)C1. The third-order valence-corrected chi connectivity index (χ3v) is 9.83. The summed E-state index contributed by atoms with van der Waals surface area (Å²) in [5, 5.41) is 2.34. The van der Waals surface area contributed by atoms with Gasteiger partial charge in [-0.05, 0) is 63.3 Å². The van der Waals surface area contributed by atoms with Crippen LogP contribution in [-0.2, 0) is 35.1 Å². The Morgan fingerprint density at radius 1 is 1.00 bits per heavy atom. The molecule has 52 heavy (non-hydrogen) atoms. The maximum Gasteiger partial charge on any atom is 0.411 e. The number of hydrogen-bond donors (Lipinski definition) is 1. The number of unbranched alkanes of at least 4 members (excludes halogenated alkanes) is 3. The van der Waals surface area contributed by atoms with Gasteiger partial charge in [0.1, 0.15) is 23.8 Å². The molecule has 5 amide bonds. The second kappa shape index (κ2) is 16.3. The average molecular weight is 713 g/mol. The van der Waals surface area contributed by atoms with E-state index in [1.807, 2.05) is 57.2 Å². The fraction of sp³-hybridized carbons (Fsp3) is 0.525. The van der Waals surface area contributed by atoms with Crippen LogP contribution in [0.3, 0.4) is 0 Å². The summed E-state index contributed by atoms with van der Waals surface area (Å²) in [6, 6.07) is 14.0. The zero-order valence-corrected chi connectivity index (χ0v) is 30.2. The first-order valence-electron chi connectivity index (χ1n) is 18.3. The van der Waals surface area contributed by atoms with Crippen LogP contribution in [0.1, 0.15) is 98.9 Å². The number of nitrogens with zero attached hydrogens (tertiary/aromatic N) is 3. The van der Waals surface area contributed by atoms with E-state index in [2.05, 4.69) is 17.2 Å². The van der Waals surface area contributed by atoms with Crippen molar-refractivity contribution in [2.45, 2.75) is 102 Å². The zero-order valence-electron chi connectivity index (χ0n) is 30.2. The number of nitrogens with one attached hydrogen (secondary N) is 1. The number of imide groups is 1. The van der Waals surface area contributed by atoms with Gasteiger partial charge in [-0.15, -0.1) is 0 Å². The summed E-state index contributed by atoms with van der Waals surface area (Å²) < 4.78 is 17.9. The number of hydrogen-bond acceptors (Lipinski definition) is 8. The Balaban J connectivity index is 0.975. The van der Waals surface area contributed by atoms with E-state index in [9.17, 15) is 24.0 Å². The lowest BCUT2D eigenvalue weighted by Gasteiger charge is -2.36. The van der Waals surface area contributed by atoms with Crippen molar-refractivity contribution in [2.75, 3.05) is 32.8 Å². The number of morpholine rings is 1. The lowest BCUT2D eigenvalue weighted by Crippen LogP contribution is -2.52. The number of amides is 5. The Hall–Kier alpha value is -4.73. The first-order valence-corrected chi connectivity index (χ1v) is 18.3. The average Bonchev–Trinajstić information content (AvgIpc) is 3.70. The molecule has 0 saturated carbocycles. The molecule has 3 saturated heterocycles. The van der Waals surface area contributed by atoms with E-state index in [1.54, 1.807) is 17.0 Å². The fourth-order valence-electron chi connectivity index (χ4n) is 7.21. The lowest BCUT2D eigenvalue weighted by molar-refractivity contribution is -0.143. The fourth-order valence-corrected chi connectivity index (χ4v) is 7.21. The first-order chi connectivity index (χ1) is 25.0. The molecule has 12 nitrogen and oxygen atoms in total. The molecule has 4 aliphatic heterocycles. The van der Waals surface area contributed by atoms with Gasteiger partial charge >= 0.3 is 6.09 Å². The maximum absolute atomic E-state index is 13.9. The van der Waals surface area contributed by atoms with Gasteiger partial charge in [0, 0.05) is 50.1 Å². The molecule has 2 aromatic rings. The molecule has 0 spiro atoms. The van der Waals surface area contributed by atoms with E-state index in [0.29, 0.717) is 57.7 Å². The number of benzene rings is 2. The van der Waals surface area contributed by atoms with E-state index < -0.39 is 29.7 Å². The number of carbonyl (C=O) groups excluding carboxylic acids is 5. The molecule has 0 aliphatic carbocycles. The Bertz CT molecular complexity index is 1730. The van der Waals surface area contributed by atoms with Gasteiger partial charge in [0.25, 0.3) is 5.91 Å². The van der Waals surface area contributed by atoms with Crippen LogP contribution >= 0.6 is 0 Å². The summed E-state index contributed by atoms with van der Waals surface area (Å²) in [6.07, 6.45) is 3.15. The highest BCUT2D eigenvalue weighted by molar-refractivity contribution is 6.05. The van der Waals surface area contributed by atoms with Gasteiger partial charge in [0.2, 0.25) is 17.7 Å². The summed E-state index contributed by atoms with van der Waals surface area (Å²) in [5.41, 5.74) is 2.46. The highest BCUT2D eigenvalue weighted by Gasteiger charge is 2.44. The topological polar surface area (TPSA) is 135 Å². The molecule has 6 rings (SSSR count). The standard InChI is InChI=1S/C40H48N4O8/c1-40(2,3)52-39(49)44-24-29(23-33(44)38(48)42-20-22-51-34(26-42)28-14-9-7-10-15-28)50-21-11-6-4-5-8-13-27-16-12-17-30-31(27)25-43(37(30)47)32-18-19-35(45)41-36(32)46/h7,9-10,12,14-17,29,32-34H,4-6,11,18-26H2,1-3H3,(H,41,45,46)/t29-,32?,33-,34-/m0/s1. The van der Waals surface area contributed by atoms with Crippen LogP contribution in [-0.4, -0.2) is 101 Å². The molecular weight excluding hydrogens is 664 g/mol. The van der Waals surface area contributed by atoms with Crippen LogP contribution in [0.4, 0.5) is 4.79 Å². The molecule has 1 unspecified atom stereocenters. The smallest absolute Gasteiger partial charge is 0.411 e. The second-order valence-electron chi connectivity index (χ2n) is 14.8. The van der Waals surface area contributed by atoms with E-state index in [4.69, 9.17) is 14.2 Å². The number of ether oxygens (including phenoxy) is 3. The summed E-state index contributed by atoms with van der Waals surface area (Å²) in [6.45, 7) is 7.82. The summed E-state index contributed by atoms with van der Waals surface area (Å²) in [5.74, 6) is 5.39. The van der Waals surface area contributed by atoms with E-state index >= 15 is 0 Å². The first kappa shape index (κ1) is 37.0. The van der Waals surface area contributed by atoms with Crippen LogP contribution in [0, 0.1) is 11.8 Å². The van der Waals surface area contributed by atoms with Crippen LogP contribution < -0.4 is 5.32 Å². The molecular formula is C40H48N4O8.